The van der Waals surface area contributed by atoms with Gasteiger partial charge in [0.2, 0.25) is 5.91 Å². The van der Waals surface area contributed by atoms with Crippen molar-refractivity contribution < 1.29 is 9.59 Å². The molecule has 0 aliphatic carbocycles. The average molecular weight is 432 g/mol. The van der Waals surface area contributed by atoms with E-state index < -0.39 is 0 Å². The molecular formula is C25H29N5O2. The van der Waals surface area contributed by atoms with Crippen molar-refractivity contribution in [1.82, 2.24) is 14.5 Å². The largest absolute Gasteiger partial charge is 0.371 e. The summed E-state index contributed by atoms with van der Waals surface area (Å²) in [5.41, 5.74) is 3.54. The first-order valence-corrected chi connectivity index (χ1v) is 11.0. The molecule has 3 aromatic rings. The highest BCUT2D eigenvalue weighted by molar-refractivity contribution is 5.97. The Morgan fingerprint density at radius 2 is 1.91 bits per heavy atom. The van der Waals surface area contributed by atoms with E-state index in [9.17, 15) is 9.59 Å². The molecule has 0 radical (unpaired) electrons. The fraction of sp³-hybridized carbons (Fsp3) is 0.320. The smallest absolute Gasteiger partial charge is 0.253 e. The highest BCUT2D eigenvalue weighted by Gasteiger charge is 2.18. The maximum Gasteiger partial charge on any atom is 0.253 e. The Labute approximate surface area is 188 Å². The van der Waals surface area contributed by atoms with Gasteiger partial charge in [0.05, 0.1) is 6.33 Å². The predicted octanol–water partition coefficient (Wildman–Crippen LogP) is 3.78. The lowest BCUT2D eigenvalue weighted by Crippen LogP contribution is -2.28. The molecule has 1 N–H and O–H groups in total. The van der Waals surface area contributed by atoms with Crippen LogP contribution in [0.3, 0.4) is 0 Å². The van der Waals surface area contributed by atoms with Crippen molar-refractivity contribution in [3.05, 3.63) is 78.4 Å². The van der Waals surface area contributed by atoms with Crippen LogP contribution in [0.5, 0.6) is 0 Å². The second-order valence-electron chi connectivity index (χ2n) is 8.16. The second-order valence-corrected chi connectivity index (χ2v) is 8.16. The zero-order valence-electron chi connectivity index (χ0n) is 18.4. The molecule has 0 unspecified atom stereocenters. The van der Waals surface area contributed by atoms with Crippen molar-refractivity contribution in [2.75, 3.05) is 30.4 Å². The van der Waals surface area contributed by atoms with E-state index in [1.54, 1.807) is 41.7 Å². The van der Waals surface area contributed by atoms with Crippen molar-refractivity contribution in [2.45, 2.75) is 32.4 Å². The van der Waals surface area contributed by atoms with Gasteiger partial charge in [-0.05, 0) is 42.7 Å². The van der Waals surface area contributed by atoms with Gasteiger partial charge >= 0.3 is 0 Å². The first-order valence-electron chi connectivity index (χ1n) is 11.0. The molecule has 4 rings (SSSR count). The number of para-hydroxylation sites is 1. The Balaban J connectivity index is 1.38. The molecular weight excluding hydrogens is 402 g/mol. The minimum Gasteiger partial charge on any atom is -0.371 e. The minimum absolute atomic E-state index is 0.0734. The van der Waals surface area contributed by atoms with Gasteiger partial charge in [0.25, 0.3) is 5.91 Å². The quantitative estimate of drug-likeness (QED) is 0.589. The van der Waals surface area contributed by atoms with Crippen LogP contribution in [-0.4, -0.2) is 46.4 Å². The van der Waals surface area contributed by atoms with E-state index in [0.717, 1.165) is 18.7 Å². The lowest BCUT2D eigenvalue weighted by atomic mass is 10.1. The second kappa shape index (κ2) is 10.1. The van der Waals surface area contributed by atoms with Crippen LogP contribution in [-0.2, 0) is 17.9 Å². The van der Waals surface area contributed by atoms with E-state index in [2.05, 4.69) is 33.4 Å². The predicted molar refractivity (Wildman–Crippen MR) is 126 cm³/mol. The van der Waals surface area contributed by atoms with Crippen molar-refractivity contribution >= 4 is 23.2 Å². The number of benzene rings is 2. The minimum atomic E-state index is -0.101. The third-order valence-electron chi connectivity index (χ3n) is 5.74. The number of nitrogens with zero attached hydrogens (tertiary/aromatic N) is 4. The number of hydrogen-bond acceptors (Lipinski definition) is 4. The summed E-state index contributed by atoms with van der Waals surface area (Å²) < 4.78 is 1.86. The third-order valence-corrected chi connectivity index (χ3v) is 5.74. The number of imidazole rings is 1. The fourth-order valence-electron chi connectivity index (χ4n) is 4.06. The van der Waals surface area contributed by atoms with Gasteiger partial charge in [-0.25, -0.2) is 4.98 Å². The molecule has 1 aromatic heterocycles. The molecule has 7 heteroatoms. The number of amides is 2. The molecule has 0 atom stereocenters. The van der Waals surface area contributed by atoms with E-state index in [1.165, 1.54) is 18.5 Å². The van der Waals surface area contributed by atoms with Gasteiger partial charge < -0.3 is 19.7 Å². The first kappa shape index (κ1) is 21.6. The van der Waals surface area contributed by atoms with Crippen molar-refractivity contribution in [2.24, 2.45) is 0 Å². The Hall–Kier alpha value is -3.61. The summed E-state index contributed by atoms with van der Waals surface area (Å²) in [7, 11) is 1.82. The topological polar surface area (TPSA) is 70.5 Å². The van der Waals surface area contributed by atoms with E-state index in [0.29, 0.717) is 30.8 Å². The summed E-state index contributed by atoms with van der Waals surface area (Å²) in [6, 6.07) is 15.4. The van der Waals surface area contributed by atoms with Crippen LogP contribution in [0.15, 0.2) is 67.3 Å². The molecule has 1 aliphatic heterocycles. The van der Waals surface area contributed by atoms with Gasteiger partial charge in [-0.1, -0.05) is 24.3 Å². The summed E-state index contributed by atoms with van der Waals surface area (Å²) in [4.78, 5) is 33.5. The Kier molecular flexibility index (Phi) is 6.84. The van der Waals surface area contributed by atoms with Crippen LogP contribution in [0, 0.1) is 0 Å². The third kappa shape index (κ3) is 5.35. The zero-order chi connectivity index (χ0) is 22.3. The van der Waals surface area contributed by atoms with Gasteiger partial charge in [-0.2, -0.15) is 0 Å². The van der Waals surface area contributed by atoms with Crippen LogP contribution >= 0.6 is 0 Å². The number of hydrogen-bond donors (Lipinski definition) is 1. The van der Waals surface area contributed by atoms with E-state index in [-0.39, 0.29) is 11.8 Å². The van der Waals surface area contributed by atoms with Gasteiger partial charge in [-0.3, -0.25) is 9.59 Å². The van der Waals surface area contributed by atoms with E-state index in [4.69, 9.17) is 0 Å². The first-order chi connectivity index (χ1) is 15.6. The van der Waals surface area contributed by atoms with Crippen LogP contribution in [0.1, 0.15) is 35.2 Å². The maximum atomic E-state index is 13.1. The number of carbonyl (C=O) groups excluding carboxylic acids is 2. The SMILES string of the molecule is CN(Cc1ccccc1N1CCCC1)C(=O)c1cccc(NC(=O)CCn2ccnc2)c1. The molecule has 0 spiro atoms. The molecule has 7 nitrogen and oxygen atoms in total. The number of rotatable bonds is 8. The molecule has 2 aromatic carbocycles. The van der Waals surface area contributed by atoms with Gasteiger partial charge in [0, 0.05) is 69.0 Å². The molecule has 2 heterocycles. The Morgan fingerprint density at radius 3 is 2.69 bits per heavy atom. The molecule has 1 aliphatic rings. The van der Waals surface area contributed by atoms with Crippen molar-refractivity contribution in [1.29, 1.82) is 0 Å². The summed E-state index contributed by atoms with van der Waals surface area (Å²) in [6.07, 6.45) is 7.96. The Bertz CT molecular complexity index is 1060. The molecule has 1 saturated heterocycles. The number of anilines is 2. The number of aromatic nitrogens is 2. The van der Waals surface area contributed by atoms with Crippen molar-refractivity contribution in [3.63, 3.8) is 0 Å². The fourth-order valence-corrected chi connectivity index (χ4v) is 4.06. The normalized spacial score (nSPS) is 13.2. The van der Waals surface area contributed by atoms with Crippen LogP contribution in [0.25, 0.3) is 0 Å². The zero-order valence-corrected chi connectivity index (χ0v) is 18.4. The Morgan fingerprint density at radius 1 is 1.09 bits per heavy atom. The van der Waals surface area contributed by atoms with Gasteiger partial charge in [0.1, 0.15) is 0 Å². The monoisotopic (exact) mass is 431 g/mol. The van der Waals surface area contributed by atoms with Crippen LogP contribution < -0.4 is 10.2 Å². The van der Waals surface area contributed by atoms with E-state index in [1.807, 2.05) is 23.9 Å². The van der Waals surface area contributed by atoms with Gasteiger partial charge in [-0.15, -0.1) is 0 Å². The average Bonchev–Trinajstić information content (AvgIpc) is 3.52. The molecule has 2 amide bonds. The van der Waals surface area contributed by atoms with Crippen LogP contribution in [0.4, 0.5) is 11.4 Å². The molecule has 0 bridgehead atoms. The molecule has 0 saturated carbocycles. The lowest BCUT2D eigenvalue weighted by Gasteiger charge is -2.24. The summed E-state index contributed by atoms with van der Waals surface area (Å²) >= 11 is 0. The lowest BCUT2D eigenvalue weighted by molar-refractivity contribution is -0.116. The van der Waals surface area contributed by atoms with Gasteiger partial charge in [0.15, 0.2) is 0 Å². The number of carbonyl (C=O) groups is 2. The maximum absolute atomic E-state index is 13.1. The van der Waals surface area contributed by atoms with Crippen molar-refractivity contribution in [3.8, 4) is 0 Å². The molecule has 1 fully saturated rings. The highest BCUT2D eigenvalue weighted by atomic mass is 16.2. The number of aryl methyl sites for hydroxylation is 1. The van der Waals surface area contributed by atoms with Crippen LogP contribution in [0.2, 0.25) is 0 Å². The molecule has 32 heavy (non-hydrogen) atoms. The standard InChI is InChI=1S/C25H29N5O2/c1-28(18-21-7-2-3-10-23(21)30-13-4-5-14-30)25(32)20-8-6-9-22(17-20)27-24(31)11-15-29-16-12-26-19-29/h2-3,6-10,12,16-17,19H,4-5,11,13-15,18H2,1H3,(H,27,31). The molecule has 166 valence electrons. The summed E-state index contributed by atoms with van der Waals surface area (Å²) in [6.45, 7) is 3.23. The summed E-state index contributed by atoms with van der Waals surface area (Å²) in [5.74, 6) is -0.174. The highest BCUT2D eigenvalue weighted by Crippen LogP contribution is 2.26. The van der Waals surface area contributed by atoms with E-state index >= 15 is 0 Å². The summed E-state index contributed by atoms with van der Waals surface area (Å²) in [5, 5.41) is 2.88. The number of nitrogens with one attached hydrogen (secondary N) is 1.